The van der Waals surface area contributed by atoms with Gasteiger partial charge in [0.05, 0.1) is 36.1 Å². The molecule has 1 fully saturated rings. The zero-order valence-corrected chi connectivity index (χ0v) is 23.6. The number of amides is 1. The van der Waals surface area contributed by atoms with Gasteiger partial charge in [0.15, 0.2) is 0 Å². The summed E-state index contributed by atoms with van der Waals surface area (Å²) in [6, 6.07) is 15.6. The number of carbonyl (C=O) groups excluding carboxylic acids is 2. The van der Waals surface area contributed by atoms with Crippen LogP contribution in [-0.4, -0.2) is 81.7 Å². The van der Waals surface area contributed by atoms with Crippen LogP contribution in [-0.2, 0) is 29.1 Å². The summed E-state index contributed by atoms with van der Waals surface area (Å²) in [4.78, 5) is 30.3. The molecule has 208 valence electrons. The van der Waals surface area contributed by atoms with Gasteiger partial charge in [-0.05, 0) is 36.8 Å². The number of ketones is 1. The number of aliphatic hydroxyl groups excluding tert-OH is 1. The van der Waals surface area contributed by atoms with Crippen molar-refractivity contribution in [1.82, 2.24) is 19.6 Å². The predicted octanol–water partition coefficient (Wildman–Crippen LogP) is 3.04. The maximum Gasteiger partial charge on any atom is 0.289 e. The van der Waals surface area contributed by atoms with E-state index in [1.165, 1.54) is 6.92 Å². The lowest BCUT2D eigenvalue weighted by molar-refractivity contribution is -0.144. The van der Waals surface area contributed by atoms with Gasteiger partial charge in [0.2, 0.25) is 5.78 Å². The third-order valence-corrected chi connectivity index (χ3v) is 8.17. The summed E-state index contributed by atoms with van der Waals surface area (Å²) in [6.07, 6.45) is -0.0870. The Bertz CT molecular complexity index is 1470. The van der Waals surface area contributed by atoms with E-state index in [0.29, 0.717) is 43.2 Å². The minimum atomic E-state index is -0.640. The Balaban J connectivity index is 1.31. The number of piperazine rings is 1. The minimum absolute atomic E-state index is 0.299. The molecule has 1 unspecified atom stereocenters. The first-order valence-electron chi connectivity index (χ1n) is 13.5. The van der Waals surface area contributed by atoms with Crippen LogP contribution in [0.1, 0.15) is 29.3 Å². The van der Waals surface area contributed by atoms with E-state index in [4.69, 9.17) is 16.7 Å². The number of β-amino-alcohol motifs (C(OH)–C–C–N with tert-alkyl or cyclic N) is 1. The Hall–Kier alpha value is -3.71. The van der Waals surface area contributed by atoms with Crippen molar-refractivity contribution in [1.29, 1.82) is 5.26 Å². The number of benzene rings is 2. The van der Waals surface area contributed by atoms with E-state index in [1.807, 2.05) is 54.1 Å². The van der Waals surface area contributed by atoms with Crippen molar-refractivity contribution in [3.63, 3.8) is 0 Å². The monoisotopic (exact) mass is 560 g/mol. The molecule has 2 aromatic carbocycles. The molecular formula is C30H33ClN6O3. The van der Waals surface area contributed by atoms with E-state index in [1.54, 1.807) is 4.90 Å². The average molecular weight is 561 g/mol. The minimum Gasteiger partial charge on any atom is -0.390 e. The number of rotatable bonds is 7. The van der Waals surface area contributed by atoms with Crippen molar-refractivity contribution in [3.8, 4) is 17.3 Å². The molecule has 1 aromatic heterocycles. The van der Waals surface area contributed by atoms with E-state index < -0.39 is 17.8 Å². The molecule has 10 heteroatoms. The van der Waals surface area contributed by atoms with Crippen LogP contribution < -0.4 is 4.90 Å². The highest BCUT2D eigenvalue weighted by molar-refractivity contribution is 6.35. The van der Waals surface area contributed by atoms with E-state index >= 15 is 0 Å². The van der Waals surface area contributed by atoms with E-state index in [9.17, 15) is 20.0 Å². The van der Waals surface area contributed by atoms with Gasteiger partial charge in [-0.3, -0.25) is 19.2 Å². The molecule has 1 N–H and O–H groups in total. The lowest BCUT2D eigenvalue weighted by atomic mass is 9.99. The molecule has 1 atom stereocenters. The Morgan fingerprint density at radius 3 is 2.55 bits per heavy atom. The maximum atomic E-state index is 12.5. The number of nitrogens with zero attached hydrogens (tertiary/aromatic N) is 6. The molecule has 0 saturated carbocycles. The molecule has 0 spiro atoms. The van der Waals surface area contributed by atoms with Gasteiger partial charge < -0.3 is 14.9 Å². The van der Waals surface area contributed by atoms with Crippen molar-refractivity contribution in [2.75, 3.05) is 44.2 Å². The van der Waals surface area contributed by atoms with Crippen LogP contribution in [0.3, 0.4) is 0 Å². The molecule has 0 radical (unpaired) electrons. The van der Waals surface area contributed by atoms with Crippen LogP contribution in [0.2, 0.25) is 5.02 Å². The van der Waals surface area contributed by atoms with Crippen LogP contribution in [0.25, 0.3) is 11.3 Å². The summed E-state index contributed by atoms with van der Waals surface area (Å²) < 4.78 is 1.87. The topological polar surface area (TPSA) is 106 Å². The molecule has 2 aliphatic rings. The molecule has 1 saturated heterocycles. The van der Waals surface area contributed by atoms with Crippen LogP contribution in [0.5, 0.6) is 0 Å². The van der Waals surface area contributed by atoms with Crippen LogP contribution in [0, 0.1) is 18.3 Å². The molecule has 3 heterocycles. The molecule has 0 aliphatic carbocycles. The van der Waals surface area contributed by atoms with Crippen LogP contribution in [0.4, 0.5) is 5.69 Å². The zero-order chi connectivity index (χ0) is 28.4. The molecular weight excluding hydrogens is 528 g/mol. The average Bonchev–Trinajstić information content (AvgIpc) is 3.31. The van der Waals surface area contributed by atoms with Gasteiger partial charge in [-0.25, -0.2) is 0 Å². The first-order valence-corrected chi connectivity index (χ1v) is 13.9. The smallest absolute Gasteiger partial charge is 0.289 e. The highest BCUT2D eigenvalue weighted by Crippen LogP contribution is 2.32. The Morgan fingerprint density at radius 2 is 1.85 bits per heavy atom. The third-order valence-electron chi connectivity index (χ3n) is 7.74. The zero-order valence-electron chi connectivity index (χ0n) is 22.8. The summed E-state index contributed by atoms with van der Waals surface area (Å²) in [7, 11) is 0. The maximum absolute atomic E-state index is 12.5. The molecule has 40 heavy (non-hydrogen) atoms. The van der Waals surface area contributed by atoms with Crippen LogP contribution >= 0.6 is 11.6 Å². The van der Waals surface area contributed by atoms with Gasteiger partial charge in [-0.1, -0.05) is 29.8 Å². The summed E-state index contributed by atoms with van der Waals surface area (Å²) in [6.45, 7) is 7.92. The van der Waals surface area contributed by atoms with E-state index in [-0.39, 0.29) is 0 Å². The van der Waals surface area contributed by atoms with Crippen molar-refractivity contribution in [3.05, 3.63) is 69.9 Å². The SMILES string of the molecule is CC(=O)C(=O)N1CCc2c(c(-c3ccc(Cl)c(C)c3)nn2CC(O)CN2CCN(c3ccccc3C#N)CC2)C1. The number of hydrogen-bond acceptors (Lipinski definition) is 7. The fraction of sp³-hybridized carbons (Fsp3) is 0.400. The van der Waals surface area contributed by atoms with Crippen LogP contribution in [0.15, 0.2) is 42.5 Å². The van der Waals surface area contributed by atoms with Gasteiger partial charge >= 0.3 is 0 Å². The predicted molar refractivity (Wildman–Crippen MR) is 153 cm³/mol. The van der Waals surface area contributed by atoms with Crippen molar-refractivity contribution in [2.45, 2.75) is 39.5 Å². The van der Waals surface area contributed by atoms with E-state index in [2.05, 4.69) is 15.9 Å². The van der Waals surface area contributed by atoms with Gasteiger partial charge in [-0.2, -0.15) is 10.4 Å². The Kier molecular flexibility index (Phi) is 8.22. The number of aryl methyl sites for hydroxylation is 1. The molecule has 3 aromatic rings. The summed E-state index contributed by atoms with van der Waals surface area (Å²) in [5.41, 5.74) is 6.06. The van der Waals surface area contributed by atoms with Gasteiger partial charge in [-0.15, -0.1) is 0 Å². The largest absolute Gasteiger partial charge is 0.390 e. The lowest BCUT2D eigenvalue weighted by Gasteiger charge is -2.37. The van der Waals surface area contributed by atoms with Crippen molar-refractivity contribution < 1.29 is 14.7 Å². The lowest BCUT2D eigenvalue weighted by Crippen LogP contribution is -2.49. The molecule has 9 nitrogen and oxygen atoms in total. The number of fused-ring (bicyclic) bond motifs is 1. The number of Topliss-reactive ketones (excluding diaryl/α,β-unsaturated/α-hetero) is 1. The standard InChI is InChI=1S/C30H33ClN6O3/c1-20-15-22(7-8-26(20)31)29-25-19-36(30(40)21(2)38)10-9-28(25)37(33-29)18-24(39)17-34-11-13-35(14-12-34)27-6-4-3-5-23(27)16-32/h3-8,15,24,39H,9-14,17-19H2,1-2H3. The number of aliphatic hydroxyl groups is 1. The number of anilines is 1. The number of carbonyl (C=O) groups is 2. The highest BCUT2D eigenvalue weighted by atomic mass is 35.5. The first kappa shape index (κ1) is 27.8. The Labute approximate surface area is 239 Å². The quantitative estimate of drug-likeness (QED) is 0.443. The molecule has 2 aliphatic heterocycles. The van der Waals surface area contributed by atoms with E-state index in [0.717, 1.165) is 59.9 Å². The number of hydrogen-bond donors (Lipinski definition) is 1. The van der Waals surface area contributed by atoms with Crippen molar-refractivity contribution in [2.24, 2.45) is 0 Å². The number of halogens is 1. The van der Waals surface area contributed by atoms with Gasteiger partial charge in [0, 0.05) is 74.5 Å². The van der Waals surface area contributed by atoms with Crippen molar-refractivity contribution >= 4 is 29.0 Å². The number of para-hydroxylation sites is 1. The molecule has 1 amide bonds. The summed E-state index contributed by atoms with van der Waals surface area (Å²) in [5, 5.41) is 26.1. The van der Waals surface area contributed by atoms with Gasteiger partial charge in [0.1, 0.15) is 6.07 Å². The number of nitriles is 1. The summed E-state index contributed by atoms with van der Waals surface area (Å²) in [5.74, 6) is -0.973. The second-order valence-electron chi connectivity index (χ2n) is 10.5. The fourth-order valence-electron chi connectivity index (χ4n) is 5.63. The second-order valence-corrected chi connectivity index (χ2v) is 10.9. The Morgan fingerprint density at radius 1 is 1.10 bits per heavy atom. The summed E-state index contributed by atoms with van der Waals surface area (Å²) >= 11 is 6.27. The molecule has 5 rings (SSSR count). The first-order chi connectivity index (χ1) is 19.2. The molecule has 0 bridgehead atoms. The fourth-order valence-corrected chi connectivity index (χ4v) is 5.75. The highest BCUT2D eigenvalue weighted by Gasteiger charge is 2.30. The third kappa shape index (κ3) is 5.75. The van der Waals surface area contributed by atoms with Gasteiger partial charge in [0.25, 0.3) is 5.91 Å². The number of aromatic nitrogens is 2. The second kappa shape index (κ2) is 11.8. The normalized spacial score (nSPS) is 16.4.